The van der Waals surface area contributed by atoms with Crippen LogP contribution >= 0.6 is 0 Å². The van der Waals surface area contributed by atoms with Crippen LogP contribution in [0.3, 0.4) is 0 Å². The number of nitrogens with one attached hydrogen (secondary N) is 2. The van der Waals surface area contributed by atoms with Gasteiger partial charge in [0.05, 0.1) is 0 Å². The van der Waals surface area contributed by atoms with E-state index in [2.05, 4.69) is 34.5 Å². The molecule has 0 fully saturated rings. The van der Waals surface area contributed by atoms with Crippen LogP contribution in [0.15, 0.2) is 4.99 Å². The average Bonchev–Trinajstić information content (AvgIpc) is 2.41. The van der Waals surface area contributed by atoms with E-state index in [4.69, 9.17) is 10.6 Å². The summed E-state index contributed by atoms with van der Waals surface area (Å²) in [6, 6.07) is 0. The molecule has 0 spiro atoms. The van der Waals surface area contributed by atoms with E-state index >= 15 is 0 Å². The molecule has 0 unspecified atom stereocenters. The first-order valence-electron chi connectivity index (χ1n) is 6.83. The maximum Gasteiger partial charge on any atom is 0.205 e. The molecule has 6 nitrogen and oxygen atoms in total. The van der Waals surface area contributed by atoms with Gasteiger partial charge >= 0.3 is 0 Å². The van der Waals surface area contributed by atoms with Crippen LogP contribution in [0, 0.1) is 0 Å². The molecule has 0 saturated heterocycles. The maximum atomic E-state index is 5.41. The molecule has 0 bridgehead atoms. The number of nitrogens with zero attached hydrogens (tertiary/aromatic N) is 2. The van der Waals surface area contributed by atoms with E-state index in [0.29, 0.717) is 5.96 Å². The molecule has 0 aliphatic heterocycles. The van der Waals surface area contributed by atoms with Gasteiger partial charge in [0.25, 0.3) is 0 Å². The van der Waals surface area contributed by atoms with Crippen molar-refractivity contribution in [2.75, 3.05) is 45.9 Å². The number of hydrogen-bond acceptors (Lipinski definition) is 4. The van der Waals surface area contributed by atoms with E-state index in [-0.39, 0.29) is 0 Å². The second-order valence-electron chi connectivity index (χ2n) is 3.88. The van der Waals surface area contributed by atoms with Gasteiger partial charge in [-0.3, -0.25) is 10.4 Å². The highest BCUT2D eigenvalue weighted by Gasteiger charge is 1.99. The van der Waals surface area contributed by atoms with Gasteiger partial charge in [-0.2, -0.15) is 0 Å². The molecule has 18 heavy (non-hydrogen) atoms. The van der Waals surface area contributed by atoms with Crippen LogP contribution in [-0.4, -0.2) is 56.8 Å². The summed E-state index contributed by atoms with van der Waals surface area (Å²) in [5, 5.41) is 3.19. The van der Waals surface area contributed by atoms with Crippen LogP contribution in [0.1, 0.15) is 27.2 Å². The number of aliphatic imine (C=N–C) groups is 1. The van der Waals surface area contributed by atoms with Gasteiger partial charge in [0.1, 0.15) is 0 Å². The normalized spacial score (nSPS) is 11.9. The number of rotatable bonds is 10. The number of nitrogens with two attached hydrogens (primary N) is 1. The molecule has 0 aromatic rings. The van der Waals surface area contributed by atoms with Crippen LogP contribution in [-0.2, 0) is 4.74 Å². The van der Waals surface area contributed by atoms with Gasteiger partial charge in [0.2, 0.25) is 5.96 Å². The van der Waals surface area contributed by atoms with Crippen molar-refractivity contribution in [1.82, 2.24) is 15.6 Å². The molecule has 4 N–H and O–H groups in total. The number of hydrazine groups is 1. The van der Waals surface area contributed by atoms with Gasteiger partial charge in [-0.25, -0.2) is 5.84 Å². The van der Waals surface area contributed by atoms with Gasteiger partial charge in [-0.15, -0.1) is 0 Å². The van der Waals surface area contributed by atoms with E-state index in [9.17, 15) is 0 Å². The minimum Gasteiger partial charge on any atom is -0.382 e. The highest BCUT2D eigenvalue weighted by Crippen LogP contribution is 1.86. The summed E-state index contributed by atoms with van der Waals surface area (Å²) in [7, 11) is 0. The van der Waals surface area contributed by atoms with E-state index in [1.807, 2.05) is 6.92 Å². The van der Waals surface area contributed by atoms with Crippen molar-refractivity contribution in [2.24, 2.45) is 10.8 Å². The van der Waals surface area contributed by atoms with Crippen LogP contribution in [0.5, 0.6) is 0 Å². The minimum absolute atomic E-state index is 0.652. The maximum absolute atomic E-state index is 5.41. The fraction of sp³-hybridized carbons (Fsp3) is 0.917. The zero-order chi connectivity index (χ0) is 13.6. The van der Waals surface area contributed by atoms with Gasteiger partial charge in [0.15, 0.2) is 0 Å². The van der Waals surface area contributed by atoms with Crippen molar-refractivity contribution >= 4 is 5.96 Å². The third-order valence-corrected chi connectivity index (χ3v) is 2.67. The second-order valence-corrected chi connectivity index (χ2v) is 3.88. The lowest BCUT2D eigenvalue weighted by Gasteiger charge is -2.18. The number of likely N-dealkylation sites (N-methyl/N-ethyl adjacent to an activating group) is 1. The van der Waals surface area contributed by atoms with Crippen LogP contribution in [0.4, 0.5) is 0 Å². The molecule has 6 heteroatoms. The van der Waals surface area contributed by atoms with Crippen molar-refractivity contribution in [3.63, 3.8) is 0 Å². The zero-order valence-corrected chi connectivity index (χ0v) is 12.0. The summed E-state index contributed by atoms with van der Waals surface area (Å²) in [6.07, 6.45) is 0.913. The lowest BCUT2D eigenvalue weighted by Crippen LogP contribution is -2.44. The molecular formula is C12H29N5O. The number of ether oxygens (including phenoxy) is 1. The second kappa shape index (κ2) is 12.6. The molecule has 0 amide bonds. The lowest BCUT2D eigenvalue weighted by molar-refractivity contribution is 0.146. The molecule has 0 aliphatic carbocycles. The summed E-state index contributed by atoms with van der Waals surface area (Å²) >= 11 is 0. The predicted molar refractivity (Wildman–Crippen MR) is 76.5 cm³/mol. The Morgan fingerprint density at radius 3 is 2.56 bits per heavy atom. The Balaban J connectivity index is 3.71. The Labute approximate surface area is 111 Å². The monoisotopic (exact) mass is 259 g/mol. The summed E-state index contributed by atoms with van der Waals surface area (Å²) in [6.45, 7) is 12.5. The molecule has 0 saturated carbocycles. The van der Waals surface area contributed by atoms with Crippen LogP contribution in [0.25, 0.3) is 0 Å². The fourth-order valence-corrected chi connectivity index (χ4v) is 1.53. The highest BCUT2D eigenvalue weighted by molar-refractivity contribution is 5.79. The minimum atomic E-state index is 0.652. The quantitative estimate of drug-likeness (QED) is 0.171. The Hall–Kier alpha value is -0.850. The van der Waals surface area contributed by atoms with Crippen molar-refractivity contribution in [3.8, 4) is 0 Å². The summed E-state index contributed by atoms with van der Waals surface area (Å²) in [5.41, 5.74) is 2.58. The number of guanidine groups is 1. The molecule has 0 aliphatic rings. The molecule has 108 valence electrons. The van der Waals surface area contributed by atoms with Gasteiger partial charge in [-0.05, 0) is 26.4 Å². The van der Waals surface area contributed by atoms with E-state index in [0.717, 1.165) is 52.4 Å². The van der Waals surface area contributed by atoms with Crippen molar-refractivity contribution in [3.05, 3.63) is 0 Å². The zero-order valence-electron chi connectivity index (χ0n) is 12.0. The van der Waals surface area contributed by atoms with E-state index < -0.39 is 0 Å². The summed E-state index contributed by atoms with van der Waals surface area (Å²) in [5.74, 6) is 6.06. The topological polar surface area (TPSA) is 74.9 Å². The Kier molecular flexibility index (Phi) is 12.0. The standard InChI is InChI=1S/C12H29N5O/c1-4-17(5-2)10-9-15-12(16-13)14-8-7-11-18-6-3/h4-11,13H2,1-3H3,(H2,14,15,16). The fourth-order valence-electron chi connectivity index (χ4n) is 1.53. The average molecular weight is 259 g/mol. The summed E-state index contributed by atoms with van der Waals surface area (Å²) < 4.78 is 5.24. The van der Waals surface area contributed by atoms with Gasteiger partial charge in [-0.1, -0.05) is 13.8 Å². The van der Waals surface area contributed by atoms with Gasteiger partial charge in [0, 0.05) is 32.8 Å². The predicted octanol–water partition coefficient (Wildman–Crippen LogP) is 0.164. The Morgan fingerprint density at radius 2 is 2.00 bits per heavy atom. The van der Waals surface area contributed by atoms with Gasteiger partial charge < -0.3 is 15.0 Å². The lowest BCUT2D eigenvalue weighted by atomic mass is 10.4. The third kappa shape index (κ3) is 9.21. The summed E-state index contributed by atoms with van der Waals surface area (Å²) in [4.78, 5) is 6.68. The van der Waals surface area contributed by atoms with Crippen molar-refractivity contribution < 1.29 is 4.74 Å². The van der Waals surface area contributed by atoms with Crippen molar-refractivity contribution in [1.29, 1.82) is 0 Å². The molecule has 0 rings (SSSR count). The molecular weight excluding hydrogens is 230 g/mol. The molecule has 0 atom stereocenters. The molecule has 0 aromatic carbocycles. The number of hydrogen-bond donors (Lipinski definition) is 3. The molecule has 0 radical (unpaired) electrons. The van der Waals surface area contributed by atoms with E-state index in [1.165, 1.54) is 0 Å². The SMILES string of the molecule is CCOCCCN=C(NN)NCCN(CC)CC. The largest absolute Gasteiger partial charge is 0.382 e. The Bertz CT molecular complexity index is 207. The smallest absolute Gasteiger partial charge is 0.205 e. The first-order valence-corrected chi connectivity index (χ1v) is 6.83. The first-order chi connectivity index (χ1) is 8.78. The highest BCUT2D eigenvalue weighted by atomic mass is 16.5. The Morgan fingerprint density at radius 1 is 1.28 bits per heavy atom. The molecule has 0 heterocycles. The van der Waals surface area contributed by atoms with Crippen LogP contribution < -0.4 is 16.6 Å². The molecule has 0 aromatic heterocycles. The third-order valence-electron chi connectivity index (χ3n) is 2.67. The first kappa shape index (κ1) is 17.2. The van der Waals surface area contributed by atoms with E-state index in [1.54, 1.807) is 0 Å². The van der Waals surface area contributed by atoms with Crippen LogP contribution in [0.2, 0.25) is 0 Å². The van der Waals surface area contributed by atoms with Crippen molar-refractivity contribution in [2.45, 2.75) is 27.2 Å².